The van der Waals surface area contributed by atoms with E-state index in [-0.39, 0.29) is 5.56 Å². The molecule has 1 N–H and O–H groups in total. The largest absolute Gasteiger partial charge is 0.493 e. The van der Waals surface area contributed by atoms with Gasteiger partial charge < -0.3 is 9.84 Å². The minimum absolute atomic E-state index is 0.0797. The van der Waals surface area contributed by atoms with Gasteiger partial charge >= 0.3 is 0 Å². The van der Waals surface area contributed by atoms with E-state index in [0.717, 1.165) is 18.1 Å². The molecule has 4 heteroatoms. The van der Waals surface area contributed by atoms with Crippen molar-refractivity contribution in [2.75, 3.05) is 6.61 Å². The lowest BCUT2D eigenvalue weighted by atomic mass is 9.98. The molecule has 2 aromatic carbocycles. The van der Waals surface area contributed by atoms with E-state index in [1.54, 1.807) is 12.1 Å². The summed E-state index contributed by atoms with van der Waals surface area (Å²) in [5.74, 6) is -1.41. The number of ether oxygens (including phenoxy) is 1. The average molecular weight is 262 g/mol. The average Bonchev–Trinajstić information content (AvgIpc) is 2.89. The lowest BCUT2D eigenvalue weighted by Gasteiger charge is -2.15. The number of para-hydroxylation sites is 1. The highest BCUT2D eigenvalue weighted by Gasteiger charge is 2.24. The summed E-state index contributed by atoms with van der Waals surface area (Å²) in [7, 11) is 0. The third-order valence-electron chi connectivity index (χ3n) is 3.32. The molecular formula is C15H12F2O2. The van der Waals surface area contributed by atoms with Crippen LogP contribution in [0.25, 0.3) is 0 Å². The van der Waals surface area contributed by atoms with Gasteiger partial charge in [0.2, 0.25) is 0 Å². The summed E-state index contributed by atoms with van der Waals surface area (Å²) in [4.78, 5) is 0. The molecule has 19 heavy (non-hydrogen) atoms. The Kier molecular flexibility index (Phi) is 2.95. The molecule has 1 aliphatic heterocycles. The van der Waals surface area contributed by atoms with Crippen LogP contribution in [0.5, 0.6) is 5.75 Å². The standard InChI is InChI=1S/C15H12F2O2/c16-12-6-2-4-10(13(12)17)14(18)11-5-1-3-9-7-8-19-15(9)11/h1-6,14,18H,7-8H2. The van der Waals surface area contributed by atoms with E-state index in [1.165, 1.54) is 12.1 Å². The molecule has 98 valence electrons. The van der Waals surface area contributed by atoms with E-state index in [9.17, 15) is 13.9 Å². The number of aliphatic hydroxyl groups excluding tert-OH is 1. The molecule has 1 aliphatic rings. The molecule has 1 heterocycles. The van der Waals surface area contributed by atoms with Crippen LogP contribution in [0.2, 0.25) is 0 Å². The lowest BCUT2D eigenvalue weighted by molar-refractivity contribution is 0.207. The van der Waals surface area contributed by atoms with Crippen LogP contribution in [-0.4, -0.2) is 11.7 Å². The summed E-state index contributed by atoms with van der Waals surface area (Å²) in [6.45, 7) is 0.546. The van der Waals surface area contributed by atoms with E-state index in [1.807, 2.05) is 6.07 Å². The molecule has 1 atom stereocenters. The predicted octanol–water partition coefficient (Wildman–Crippen LogP) is 2.98. The van der Waals surface area contributed by atoms with Gasteiger partial charge in [-0.1, -0.05) is 30.3 Å². The van der Waals surface area contributed by atoms with E-state index in [2.05, 4.69) is 0 Å². The molecule has 0 saturated carbocycles. The highest BCUT2D eigenvalue weighted by molar-refractivity contribution is 5.48. The van der Waals surface area contributed by atoms with E-state index < -0.39 is 17.7 Å². The Labute approximate surface area is 109 Å². The van der Waals surface area contributed by atoms with Crippen molar-refractivity contribution in [3.05, 3.63) is 64.7 Å². The second-order valence-electron chi connectivity index (χ2n) is 4.48. The Hall–Kier alpha value is -1.94. The van der Waals surface area contributed by atoms with E-state index >= 15 is 0 Å². The first-order chi connectivity index (χ1) is 9.18. The van der Waals surface area contributed by atoms with Gasteiger partial charge in [0.25, 0.3) is 0 Å². The first-order valence-corrected chi connectivity index (χ1v) is 6.05. The summed E-state index contributed by atoms with van der Waals surface area (Å²) < 4.78 is 32.4. The fourth-order valence-electron chi connectivity index (χ4n) is 2.36. The van der Waals surface area contributed by atoms with Crippen molar-refractivity contribution in [3.63, 3.8) is 0 Å². The van der Waals surface area contributed by atoms with Gasteiger partial charge in [-0.3, -0.25) is 0 Å². The fourth-order valence-corrected chi connectivity index (χ4v) is 2.36. The summed E-state index contributed by atoms with van der Waals surface area (Å²) in [6.07, 6.45) is -0.467. The molecule has 2 aromatic rings. The number of hydrogen-bond donors (Lipinski definition) is 1. The van der Waals surface area contributed by atoms with Crippen molar-refractivity contribution in [1.29, 1.82) is 0 Å². The van der Waals surface area contributed by atoms with Crippen LogP contribution in [0, 0.1) is 11.6 Å². The van der Waals surface area contributed by atoms with Crippen LogP contribution >= 0.6 is 0 Å². The van der Waals surface area contributed by atoms with Crippen molar-refractivity contribution in [3.8, 4) is 5.75 Å². The van der Waals surface area contributed by atoms with Gasteiger partial charge in [0, 0.05) is 17.5 Å². The molecule has 2 nitrogen and oxygen atoms in total. The molecule has 0 aliphatic carbocycles. The SMILES string of the molecule is OC(c1cccc(F)c1F)c1cccc2c1OCC2. The van der Waals surface area contributed by atoms with Gasteiger partial charge in [0.1, 0.15) is 11.9 Å². The summed E-state index contributed by atoms with van der Waals surface area (Å²) in [5.41, 5.74) is 1.37. The third kappa shape index (κ3) is 1.98. The highest BCUT2D eigenvalue weighted by Crippen LogP contribution is 2.36. The van der Waals surface area contributed by atoms with Crippen LogP contribution in [0.4, 0.5) is 8.78 Å². The molecule has 0 spiro atoms. The van der Waals surface area contributed by atoms with Gasteiger partial charge in [-0.15, -0.1) is 0 Å². The second-order valence-corrected chi connectivity index (χ2v) is 4.48. The molecule has 3 rings (SSSR count). The number of halogens is 2. The van der Waals surface area contributed by atoms with Crippen LogP contribution in [0.15, 0.2) is 36.4 Å². The minimum atomic E-state index is -1.23. The van der Waals surface area contributed by atoms with Crippen molar-refractivity contribution in [2.45, 2.75) is 12.5 Å². The summed E-state index contributed by atoms with van der Waals surface area (Å²) in [6, 6.07) is 9.12. The van der Waals surface area contributed by atoms with Crippen LogP contribution in [0.3, 0.4) is 0 Å². The monoisotopic (exact) mass is 262 g/mol. The smallest absolute Gasteiger partial charge is 0.164 e. The zero-order chi connectivity index (χ0) is 13.4. The van der Waals surface area contributed by atoms with Crippen LogP contribution in [-0.2, 0) is 6.42 Å². The molecule has 0 amide bonds. The van der Waals surface area contributed by atoms with Gasteiger partial charge in [-0.2, -0.15) is 0 Å². The van der Waals surface area contributed by atoms with Crippen molar-refractivity contribution in [1.82, 2.24) is 0 Å². The number of rotatable bonds is 2. The lowest BCUT2D eigenvalue weighted by Crippen LogP contribution is -2.05. The predicted molar refractivity (Wildman–Crippen MR) is 66.1 cm³/mol. The molecular weight excluding hydrogens is 250 g/mol. The van der Waals surface area contributed by atoms with Gasteiger partial charge in [-0.05, 0) is 11.6 Å². The Balaban J connectivity index is 2.08. The third-order valence-corrected chi connectivity index (χ3v) is 3.32. The second kappa shape index (κ2) is 4.63. The number of hydrogen-bond acceptors (Lipinski definition) is 2. The molecule has 0 radical (unpaired) electrons. The highest BCUT2D eigenvalue weighted by atomic mass is 19.2. The molecule has 0 bridgehead atoms. The van der Waals surface area contributed by atoms with E-state index in [4.69, 9.17) is 4.74 Å². The molecule has 0 saturated heterocycles. The Morgan fingerprint density at radius 3 is 2.63 bits per heavy atom. The van der Waals surface area contributed by atoms with Crippen molar-refractivity contribution in [2.24, 2.45) is 0 Å². The Bertz CT molecular complexity index is 626. The number of fused-ring (bicyclic) bond motifs is 1. The first kappa shape index (κ1) is 12.1. The topological polar surface area (TPSA) is 29.5 Å². The number of benzene rings is 2. The van der Waals surface area contributed by atoms with Crippen molar-refractivity contribution < 1.29 is 18.6 Å². The van der Waals surface area contributed by atoms with Gasteiger partial charge in [-0.25, -0.2) is 8.78 Å². The first-order valence-electron chi connectivity index (χ1n) is 6.05. The summed E-state index contributed by atoms with van der Waals surface area (Å²) >= 11 is 0. The Morgan fingerprint density at radius 1 is 1.05 bits per heavy atom. The number of aliphatic hydroxyl groups is 1. The molecule has 0 fully saturated rings. The maximum absolute atomic E-state index is 13.7. The van der Waals surface area contributed by atoms with Crippen LogP contribution in [0.1, 0.15) is 22.8 Å². The quantitative estimate of drug-likeness (QED) is 0.901. The maximum Gasteiger partial charge on any atom is 0.164 e. The van der Waals surface area contributed by atoms with Crippen molar-refractivity contribution >= 4 is 0 Å². The maximum atomic E-state index is 13.7. The summed E-state index contributed by atoms with van der Waals surface area (Å²) in [5, 5.41) is 10.3. The van der Waals surface area contributed by atoms with Gasteiger partial charge in [0.15, 0.2) is 11.6 Å². The fraction of sp³-hybridized carbons (Fsp3) is 0.200. The zero-order valence-electron chi connectivity index (χ0n) is 10.1. The van der Waals surface area contributed by atoms with E-state index in [0.29, 0.717) is 17.9 Å². The Morgan fingerprint density at radius 2 is 1.79 bits per heavy atom. The molecule has 1 unspecified atom stereocenters. The van der Waals surface area contributed by atoms with Crippen LogP contribution < -0.4 is 4.74 Å². The minimum Gasteiger partial charge on any atom is -0.493 e. The molecule has 0 aromatic heterocycles. The van der Waals surface area contributed by atoms with Gasteiger partial charge in [0.05, 0.1) is 6.61 Å². The normalized spacial score (nSPS) is 14.9. The zero-order valence-corrected chi connectivity index (χ0v) is 10.1.